The smallest absolute Gasteiger partial charge is 0.244 e. The number of ether oxygens (including phenoxy) is 1. The number of hydrogen-bond acceptors (Lipinski definition) is 3. The fraction of sp³-hybridized carbons (Fsp3) is 0.350. The Kier molecular flexibility index (Phi) is 6.08. The molecule has 132 valence electrons. The lowest BCUT2D eigenvalue weighted by Gasteiger charge is -2.32. The summed E-state index contributed by atoms with van der Waals surface area (Å²) in [5, 5.41) is 4.20. The molecule has 1 heterocycles. The van der Waals surface area contributed by atoms with Crippen molar-refractivity contribution in [2.24, 2.45) is 0 Å². The maximum atomic E-state index is 13.1. The van der Waals surface area contributed by atoms with E-state index in [1.807, 2.05) is 59.5 Å². The topological polar surface area (TPSA) is 41.6 Å². The molecule has 1 N–H and O–H groups in total. The zero-order chi connectivity index (χ0) is 17.6. The normalized spacial score (nSPS) is 17.1. The first-order valence-electron chi connectivity index (χ1n) is 8.58. The van der Waals surface area contributed by atoms with Gasteiger partial charge in [0.2, 0.25) is 5.91 Å². The van der Waals surface area contributed by atoms with Crippen molar-refractivity contribution >= 4 is 17.5 Å². The molecule has 0 radical (unpaired) electrons. The summed E-state index contributed by atoms with van der Waals surface area (Å²) >= 11 is 5.98. The zero-order valence-corrected chi connectivity index (χ0v) is 15.1. The number of morpholine rings is 1. The third-order valence-corrected chi connectivity index (χ3v) is 4.74. The highest BCUT2D eigenvalue weighted by Gasteiger charge is 2.28. The number of hydrogen-bond donors (Lipinski definition) is 1. The summed E-state index contributed by atoms with van der Waals surface area (Å²) in [4.78, 5) is 15.0. The summed E-state index contributed by atoms with van der Waals surface area (Å²) in [7, 11) is 0. The molecule has 1 saturated heterocycles. The molecular formula is C20H23ClN2O2. The predicted octanol–water partition coefficient (Wildman–Crippen LogP) is 3.59. The summed E-state index contributed by atoms with van der Waals surface area (Å²) in [5.74, 6) is 0.0929. The minimum absolute atomic E-state index is 0.0208. The minimum atomic E-state index is -0.384. The van der Waals surface area contributed by atoms with E-state index in [4.69, 9.17) is 16.3 Å². The van der Waals surface area contributed by atoms with Gasteiger partial charge < -0.3 is 9.64 Å². The van der Waals surface area contributed by atoms with Gasteiger partial charge in [-0.3, -0.25) is 10.1 Å². The quantitative estimate of drug-likeness (QED) is 0.888. The largest absolute Gasteiger partial charge is 0.378 e. The van der Waals surface area contributed by atoms with Crippen LogP contribution in [0.15, 0.2) is 54.6 Å². The number of rotatable bonds is 5. The Labute approximate surface area is 153 Å². The average Bonchev–Trinajstić information content (AvgIpc) is 2.67. The van der Waals surface area contributed by atoms with E-state index < -0.39 is 0 Å². The van der Waals surface area contributed by atoms with Crippen LogP contribution in [-0.4, -0.2) is 37.1 Å². The van der Waals surface area contributed by atoms with E-state index in [9.17, 15) is 4.79 Å². The molecular weight excluding hydrogens is 336 g/mol. The highest BCUT2D eigenvalue weighted by atomic mass is 35.5. The third kappa shape index (κ3) is 4.60. The lowest BCUT2D eigenvalue weighted by molar-refractivity contribution is -0.138. The van der Waals surface area contributed by atoms with Gasteiger partial charge in [-0.15, -0.1) is 0 Å². The molecule has 2 atom stereocenters. The van der Waals surface area contributed by atoms with E-state index in [2.05, 4.69) is 12.2 Å². The summed E-state index contributed by atoms with van der Waals surface area (Å²) in [6.45, 7) is 4.53. The van der Waals surface area contributed by atoms with Crippen LogP contribution in [-0.2, 0) is 9.53 Å². The monoisotopic (exact) mass is 358 g/mol. The van der Waals surface area contributed by atoms with Gasteiger partial charge in [0.05, 0.1) is 13.2 Å². The van der Waals surface area contributed by atoms with Gasteiger partial charge in [-0.05, 0) is 30.2 Å². The summed E-state index contributed by atoms with van der Waals surface area (Å²) in [5.41, 5.74) is 2.07. The minimum Gasteiger partial charge on any atom is -0.378 e. The van der Waals surface area contributed by atoms with Crippen molar-refractivity contribution in [3.63, 3.8) is 0 Å². The van der Waals surface area contributed by atoms with Gasteiger partial charge in [-0.1, -0.05) is 54.1 Å². The molecule has 0 aromatic heterocycles. The van der Waals surface area contributed by atoms with Gasteiger partial charge in [-0.2, -0.15) is 0 Å². The summed E-state index contributed by atoms with van der Waals surface area (Å²) in [6.07, 6.45) is 0. The molecule has 4 nitrogen and oxygen atoms in total. The van der Waals surface area contributed by atoms with Crippen LogP contribution in [0.25, 0.3) is 0 Å². The number of nitrogens with zero attached hydrogens (tertiary/aromatic N) is 1. The van der Waals surface area contributed by atoms with Crippen LogP contribution < -0.4 is 5.32 Å². The van der Waals surface area contributed by atoms with E-state index in [-0.39, 0.29) is 18.0 Å². The van der Waals surface area contributed by atoms with E-state index in [1.165, 1.54) is 0 Å². The second-order valence-corrected chi connectivity index (χ2v) is 6.66. The Hall–Kier alpha value is -1.88. The highest BCUT2D eigenvalue weighted by molar-refractivity contribution is 6.30. The van der Waals surface area contributed by atoms with Crippen LogP contribution in [0.1, 0.15) is 30.1 Å². The molecule has 3 rings (SSSR count). The van der Waals surface area contributed by atoms with Crippen LogP contribution in [0, 0.1) is 0 Å². The number of benzene rings is 2. The second kappa shape index (κ2) is 8.48. The second-order valence-electron chi connectivity index (χ2n) is 6.22. The van der Waals surface area contributed by atoms with Gasteiger partial charge in [0.1, 0.15) is 6.04 Å². The van der Waals surface area contributed by atoms with Crippen LogP contribution in [0.2, 0.25) is 5.02 Å². The van der Waals surface area contributed by atoms with Gasteiger partial charge >= 0.3 is 0 Å². The fourth-order valence-corrected chi connectivity index (χ4v) is 3.15. The Balaban J connectivity index is 1.80. The molecule has 1 amide bonds. The van der Waals surface area contributed by atoms with Gasteiger partial charge in [0, 0.05) is 24.2 Å². The first-order chi connectivity index (χ1) is 12.1. The molecule has 5 heteroatoms. The Morgan fingerprint density at radius 2 is 1.68 bits per heavy atom. The Morgan fingerprint density at radius 1 is 1.04 bits per heavy atom. The molecule has 25 heavy (non-hydrogen) atoms. The molecule has 2 aromatic carbocycles. The number of amides is 1. The van der Waals surface area contributed by atoms with Crippen molar-refractivity contribution in [3.8, 4) is 0 Å². The number of carbonyl (C=O) groups excluding carboxylic acids is 1. The lowest BCUT2D eigenvalue weighted by Crippen LogP contribution is -2.46. The van der Waals surface area contributed by atoms with E-state index in [0.29, 0.717) is 31.3 Å². The third-order valence-electron chi connectivity index (χ3n) is 4.49. The van der Waals surface area contributed by atoms with Crippen LogP contribution >= 0.6 is 11.6 Å². The SMILES string of the molecule is C[C@@H](N[C@H](C(=O)N1CCOCC1)c1ccccc1)c1ccc(Cl)cc1. The molecule has 0 bridgehead atoms. The molecule has 1 aliphatic rings. The van der Waals surface area contributed by atoms with E-state index >= 15 is 0 Å². The first-order valence-corrected chi connectivity index (χ1v) is 8.96. The summed E-state index contributed by atoms with van der Waals surface area (Å²) in [6, 6.07) is 17.2. The van der Waals surface area contributed by atoms with Crippen LogP contribution in [0.5, 0.6) is 0 Å². The molecule has 1 aliphatic heterocycles. The molecule has 0 saturated carbocycles. The first kappa shape index (κ1) is 17.9. The van der Waals surface area contributed by atoms with Crippen molar-refractivity contribution in [2.45, 2.75) is 19.0 Å². The van der Waals surface area contributed by atoms with Crippen molar-refractivity contribution < 1.29 is 9.53 Å². The van der Waals surface area contributed by atoms with E-state index in [1.54, 1.807) is 0 Å². The molecule has 0 aliphatic carbocycles. The summed E-state index contributed by atoms with van der Waals surface area (Å²) < 4.78 is 5.37. The Morgan fingerprint density at radius 3 is 2.32 bits per heavy atom. The van der Waals surface area contributed by atoms with Crippen molar-refractivity contribution in [1.82, 2.24) is 10.2 Å². The van der Waals surface area contributed by atoms with Gasteiger partial charge in [0.25, 0.3) is 0 Å². The van der Waals surface area contributed by atoms with Crippen LogP contribution in [0.4, 0.5) is 0 Å². The number of halogens is 1. The van der Waals surface area contributed by atoms with E-state index in [0.717, 1.165) is 11.1 Å². The Bertz CT molecular complexity index is 685. The number of carbonyl (C=O) groups is 1. The van der Waals surface area contributed by atoms with Crippen molar-refractivity contribution in [1.29, 1.82) is 0 Å². The van der Waals surface area contributed by atoms with Gasteiger partial charge in [0.15, 0.2) is 0 Å². The van der Waals surface area contributed by atoms with Crippen LogP contribution in [0.3, 0.4) is 0 Å². The standard InChI is InChI=1S/C20H23ClN2O2/c1-15(16-7-9-18(21)10-8-16)22-19(17-5-3-2-4-6-17)20(24)23-11-13-25-14-12-23/h2-10,15,19,22H,11-14H2,1H3/t15-,19+/m1/s1. The lowest BCUT2D eigenvalue weighted by atomic mass is 10.0. The van der Waals surface area contributed by atoms with Crippen molar-refractivity contribution in [3.05, 3.63) is 70.7 Å². The molecule has 0 spiro atoms. The maximum Gasteiger partial charge on any atom is 0.244 e. The van der Waals surface area contributed by atoms with Gasteiger partial charge in [-0.25, -0.2) is 0 Å². The predicted molar refractivity (Wildman–Crippen MR) is 99.6 cm³/mol. The maximum absolute atomic E-state index is 13.1. The zero-order valence-electron chi connectivity index (χ0n) is 14.3. The molecule has 1 fully saturated rings. The molecule has 0 unspecified atom stereocenters. The fourth-order valence-electron chi connectivity index (χ4n) is 3.02. The number of nitrogens with one attached hydrogen (secondary N) is 1. The molecule has 2 aromatic rings. The highest BCUT2D eigenvalue weighted by Crippen LogP contribution is 2.23. The van der Waals surface area contributed by atoms with Crippen molar-refractivity contribution in [2.75, 3.05) is 26.3 Å². The average molecular weight is 359 g/mol.